The molecule has 0 saturated carbocycles. The molecule has 1 aromatic carbocycles. The monoisotopic (exact) mass is 438 g/mol. The molecule has 7 heteroatoms. The van der Waals surface area contributed by atoms with Crippen molar-refractivity contribution in [2.45, 2.75) is 49.8 Å². The van der Waals surface area contributed by atoms with Gasteiger partial charge >= 0.3 is 0 Å². The Morgan fingerprint density at radius 3 is 3.03 bits per heavy atom. The molecule has 0 bridgehead atoms. The fourth-order valence-corrected chi connectivity index (χ4v) is 5.35. The molecule has 2 heterocycles. The highest BCUT2D eigenvalue weighted by atomic mass is 32.2. The van der Waals surface area contributed by atoms with Gasteiger partial charge in [0.05, 0.1) is 21.3 Å². The number of ketones is 1. The maximum atomic E-state index is 12.7. The number of rotatable bonds is 6. The van der Waals surface area contributed by atoms with Crippen molar-refractivity contribution in [3.05, 3.63) is 41.3 Å². The summed E-state index contributed by atoms with van der Waals surface area (Å²) in [5.41, 5.74) is 2.35. The molecule has 4 rings (SSSR count). The smallest absolute Gasteiger partial charge is 0.259 e. The lowest BCUT2D eigenvalue weighted by Crippen LogP contribution is -2.17. The minimum Gasteiger partial charge on any atom is -0.468 e. The van der Waals surface area contributed by atoms with E-state index in [1.165, 1.54) is 6.26 Å². The van der Waals surface area contributed by atoms with Gasteiger partial charge in [-0.1, -0.05) is 18.7 Å². The van der Waals surface area contributed by atoms with E-state index in [1.807, 2.05) is 18.2 Å². The molecule has 5 nitrogen and oxygen atoms in total. The number of benzene rings is 1. The topological polar surface area (TPSA) is 72.2 Å². The van der Waals surface area contributed by atoms with Gasteiger partial charge in [-0.3, -0.25) is 9.59 Å². The predicted molar refractivity (Wildman–Crippen MR) is 122 cm³/mol. The largest absolute Gasteiger partial charge is 0.468 e. The van der Waals surface area contributed by atoms with E-state index in [9.17, 15) is 9.59 Å². The number of Topliss-reactive ketones (excluding diaryl/α,β-unsaturated/α-hetero) is 1. The molecule has 0 radical (unpaired) electrons. The first-order valence-corrected chi connectivity index (χ1v) is 11.9. The number of nitrogens with zero attached hydrogens (tertiary/aromatic N) is 1. The van der Waals surface area contributed by atoms with Gasteiger partial charge in [-0.2, -0.15) is 0 Å². The summed E-state index contributed by atoms with van der Waals surface area (Å²) in [5.74, 6) is 7.54. The molecule has 2 aromatic heterocycles. The summed E-state index contributed by atoms with van der Waals surface area (Å²) in [6.07, 6.45) is 6.23. The summed E-state index contributed by atoms with van der Waals surface area (Å²) in [6, 6.07) is 5.66. The van der Waals surface area contributed by atoms with Crippen molar-refractivity contribution in [3.8, 4) is 11.8 Å². The Morgan fingerprint density at radius 2 is 2.17 bits per heavy atom. The van der Waals surface area contributed by atoms with E-state index in [0.717, 1.165) is 46.0 Å². The Bertz CT molecular complexity index is 1150. The average Bonchev–Trinajstić information content (AvgIpc) is 3.35. The van der Waals surface area contributed by atoms with Gasteiger partial charge in [0, 0.05) is 37.1 Å². The zero-order chi connectivity index (χ0) is 20.9. The standard InChI is InChI=1S/C23H22N2O3S2/c1-2-3-4-5-6-12-29-23-25-17-11-10-15(13-20(17)30-23)24-22(27)16-14-28-19-9-7-8-18(26)21(16)19/h10-11,13-14H,2-3,6-9,12H2,1H3,(H,24,27). The maximum absolute atomic E-state index is 12.7. The number of hydrogen-bond donors (Lipinski definition) is 1. The van der Waals surface area contributed by atoms with Gasteiger partial charge in [-0.05, 0) is 31.0 Å². The number of thioether (sulfide) groups is 1. The number of furan rings is 1. The third kappa shape index (κ3) is 4.61. The number of fused-ring (bicyclic) bond motifs is 2. The lowest BCUT2D eigenvalue weighted by molar-refractivity contribution is 0.0955. The van der Waals surface area contributed by atoms with Crippen molar-refractivity contribution in [3.63, 3.8) is 0 Å². The maximum Gasteiger partial charge on any atom is 0.259 e. The minimum absolute atomic E-state index is 0.0193. The van der Waals surface area contributed by atoms with Crippen LogP contribution in [-0.4, -0.2) is 22.4 Å². The highest BCUT2D eigenvalue weighted by Crippen LogP contribution is 2.32. The molecule has 0 unspecified atom stereocenters. The molecule has 1 aliphatic carbocycles. The Morgan fingerprint density at radius 1 is 1.30 bits per heavy atom. The minimum atomic E-state index is -0.320. The van der Waals surface area contributed by atoms with Crippen molar-refractivity contribution in [2.75, 3.05) is 11.1 Å². The van der Waals surface area contributed by atoms with Crippen LogP contribution in [0.2, 0.25) is 0 Å². The Labute approximate surface area is 183 Å². The van der Waals surface area contributed by atoms with Crippen LogP contribution in [0.25, 0.3) is 10.2 Å². The van der Waals surface area contributed by atoms with Crippen molar-refractivity contribution in [2.24, 2.45) is 0 Å². The highest BCUT2D eigenvalue weighted by molar-refractivity contribution is 8.01. The van der Waals surface area contributed by atoms with Gasteiger partial charge in [0.15, 0.2) is 10.1 Å². The quantitative estimate of drug-likeness (QED) is 0.293. The van der Waals surface area contributed by atoms with Crippen molar-refractivity contribution in [1.82, 2.24) is 4.98 Å². The molecule has 0 aliphatic heterocycles. The summed E-state index contributed by atoms with van der Waals surface area (Å²) in [5, 5.41) is 2.89. The van der Waals surface area contributed by atoms with Crippen LogP contribution in [0.4, 0.5) is 5.69 Å². The number of aromatic nitrogens is 1. The number of hydrogen-bond acceptors (Lipinski definition) is 6. The summed E-state index contributed by atoms with van der Waals surface area (Å²) >= 11 is 3.31. The Balaban J connectivity index is 1.43. The number of amides is 1. The molecule has 0 spiro atoms. The van der Waals surface area contributed by atoms with Gasteiger partial charge in [-0.15, -0.1) is 23.2 Å². The van der Waals surface area contributed by atoms with Crippen LogP contribution in [0.3, 0.4) is 0 Å². The molecule has 1 N–H and O–H groups in total. The fourth-order valence-electron chi connectivity index (χ4n) is 3.32. The molecule has 0 atom stereocenters. The number of anilines is 1. The van der Waals surface area contributed by atoms with E-state index in [-0.39, 0.29) is 11.7 Å². The number of aryl methyl sites for hydroxylation is 1. The molecule has 0 fully saturated rings. The van der Waals surface area contributed by atoms with Gasteiger partial charge in [0.2, 0.25) is 0 Å². The van der Waals surface area contributed by atoms with Crippen molar-refractivity contribution < 1.29 is 14.0 Å². The zero-order valence-electron chi connectivity index (χ0n) is 16.7. The van der Waals surface area contributed by atoms with Gasteiger partial charge in [0.25, 0.3) is 5.91 Å². The van der Waals surface area contributed by atoms with E-state index in [4.69, 9.17) is 4.42 Å². The number of unbranched alkanes of at least 4 members (excludes halogenated alkanes) is 1. The summed E-state index contributed by atoms with van der Waals surface area (Å²) in [6.45, 7) is 2.13. The second-order valence-electron chi connectivity index (χ2n) is 7.04. The molecule has 1 aliphatic rings. The van der Waals surface area contributed by atoms with E-state index in [0.29, 0.717) is 35.4 Å². The second-order valence-corrected chi connectivity index (χ2v) is 9.42. The summed E-state index contributed by atoms with van der Waals surface area (Å²) in [4.78, 5) is 29.6. The molecular weight excluding hydrogens is 416 g/mol. The number of nitrogens with one attached hydrogen (secondary N) is 1. The first kappa shape index (κ1) is 20.7. The predicted octanol–water partition coefficient (Wildman–Crippen LogP) is 5.95. The van der Waals surface area contributed by atoms with Crippen LogP contribution < -0.4 is 5.32 Å². The SMILES string of the molecule is CCCC#CCCSc1nc2ccc(NC(=O)c3coc4c3C(=O)CCC4)cc2s1. The van der Waals surface area contributed by atoms with Crippen LogP contribution in [0.1, 0.15) is 65.5 Å². The second kappa shape index (κ2) is 9.50. The zero-order valence-corrected chi connectivity index (χ0v) is 18.4. The van der Waals surface area contributed by atoms with Crippen LogP contribution in [0.5, 0.6) is 0 Å². The number of thiazole rings is 1. The third-order valence-electron chi connectivity index (χ3n) is 4.78. The van der Waals surface area contributed by atoms with Crippen molar-refractivity contribution in [1.29, 1.82) is 0 Å². The van der Waals surface area contributed by atoms with E-state index in [1.54, 1.807) is 23.1 Å². The molecule has 1 amide bonds. The first-order valence-electron chi connectivity index (χ1n) is 10.1. The van der Waals surface area contributed by atoms with Crippen LogP contribution >= 0.6 is 23.1 Å². The fraction of sp³-hybridized carbons (Fsp3) is 0.348. The Hall–Kier alpha value is -2.56. The van der Waals surface area contributed by atoms with Gasteiger partial charge in [-0.25, -0.2) is 4.98 Å². The van der Waals surface area contributed by atoms with Crippen LogP contribution in [0.15, 0.2) is 33.2 Å². The first-order chi connectivity index (χ1) is 14.7. The third-order valence-corrected chi connectivity index (χ3v) is 6.94. The number of carbonyl (C=O) groups is 2. The van der Waals surface area contributed by atoms with Gasteiger partial charge < -0.3 is 9.73 Å². The lowest BCUT2D eigenvalue weighted by atomic mass is 9.94. The molecular formula is C23H22N2O3S2. The lowest BCUT2D eigenvalue weighted by Gasteiger charge is -2.10. The normalized spacial score (nSPS) is 13.0. The highest BCUT2D eigenvalue weighted by Gasteiger charge is 2.27. The Kier molecular flexibility index (Phi) is 6.56. The number of carbonyl (C=O) groups excluding carboxylic acids is 2. The van der Waals surface area contributed by atoms with Crippen molar-refractivity contribution >= 4 is 50.7 Å². The molecule has 3 aromatic rings. The molecule has 30 heavy (non-hydrogen) atoms. The summed E-state index contributed by atoms with van der Waals surface area (Å²) in [7, 11) is 0. The summed E-state index contributed by atoms with van der Waals surface area (Å²) < 4.78 is 7.47. The molecule has 0 saturated heterocycles. The average molecular weight is 439 g/mol. The van der Waals surface area contributed by atoms with Crippen LogP contribution in [-0.2, 0) is 6.42 Å². The van der Waals surface area contributed by atoms with E-state index >= 15 is 0 Å². The van der Waals surface area contributed by atoms with Gasteiger partial charge in [0.1, 0.15) is 12.0 Å². The molecule has 154 valence electrons. The van der Waals surface area contributed by atoms with Crippen LogP contribution in [0, 0.1) is 11.8 Å². The van der Waals surface area contributed by atoms with E-state index in [2.05, 4.69) is 29.1 Å². The van der Waals surface area contributed by atoms with E-state index < -0.39 is 0 Å².